The van der Waals surface area contributed by atoms with Crippen LogP contribution >= 0.6 is 0 Å². The summed E-state index contributed by atoms with van der Waals surface area (Å²) in [5.41, 5.74) is -1.86. The number of aliphatic hydroxyl groups excluding tert-OH is 3. The van der Waals surface area contributed by atoms with Crippen molar-refractivity contribution >= 4 is 6.29 Å². The largest absolute Gasteiger partial charge is 0.393 e. The Labute approximate surface area is 211 Å². The standard InChI is InChI=1S/C30H48O5/c1-18(9-8-12-26(2,3)35)20-16-24(34)29(7)25-22(32)15-21-19(10-11-23(33)27(21,4)5)30(25,17-31)14-13-28(20,29)6/h8,12,15,17-20,22-25,32-35H,9-11,13-14,16H2,1-7H3. The van der Waals surface area contributed by atoms with Crippen LogP contribution in [-0.4, -0.2) is 50.6 Å². The van der Waals surface area contributed by atoms with E-state index in [0.29, 0.717) is 25.2 Å². The fourth-order valence-corrected chi connectivity index (χ4v) is 9.26. The molecule has 0 aromatic carbocycles. The molecule has 0 amide bonds. The molecule has 4 aliphatic rings. The van der Waals surface area contributed by atoms with Gasteiger partial charge >= 0.3 is 0 Å². The third kappa shape index (κ3) is 3.74. The molecule has 4 rings (SSSR count). The Kier molecular flexibility index (Phi) is 6.57. The number of hydrogen-bond donors (Lipinski definition) is 4. The first kappa shape index (κ1) is 27.0. The molecule has 3 fully saturated rings. The van der Waals surface area contributed by atoms with Crippen LogP contribution in [0.15, 0.2) is 23.8 Å². The average Bonchev–Trinajstić information content (AvgIpc) is 2.96. The summed E-state index contributed by atoms with van der Waals surface area (Å²) in [4.78, 5) is 13.1. The van der Waals surface area contributed by atoms with Crippen LogP contribution in [0.2, 0.25) is 0 Å². The van der Waals surface area contributed by atoms with Crippen molar-refractivity contribution in [2.75, 3.05) is 0 Å². The minimum absolute atomic E-state index is 0.00781. The van der Waals surface area contributed by atoms with Gasteiger partial charge in [0.25, 0.3) is 0 Å². The van der Waals surface area contributed by atoms with Crippen molar-refractivity contribution in [3.63, 3.8) is 0 Å². The van der Waals surface area contributed by atoms with E-state index in [-0.39, 0.29) is 23.2 Å². The Morgan fingerprint density at radius 3 is 2.34 bits per heavy atom. The Morgan fingerprint density at radius 1 is 1.09 bits per heavy atom. The SMILES string of the molecule is CC(CC=CC(C)(C)O)C1CC(O)C2(C)C3C(O)C=C4C(CCC(O)C4(C)C)C3(C=O)CCC12C. The number of aliphatic hydroxyl groups is 4. The van der Waals surface area contributed by atoms with E-state index in [1.807, 2.05) is 26.0 Å². The van der Waals surface area contributed by atoms with Crippen LogP contribution in [0.1, 0.15) is 87.0 Å². The van der Waals surface area contributed by atoms with Crippen molar-refractivity contribution in [2.24, 2.45) is 45.3 Å². The van der Waals surface area contributed by atoms with Gasteiger partial charge in [-0.15, -0.1) is 0 Å². The van der Waals surface area contributed by atoms with Gasteiger partial charge in [-0.05, 0) is 75.5 Å². The first-order valence-corrected chi connectivity index (χ1v) is 13.7. The maximum atomic E-state index is 13.1. The van der Waals surface area contributed by atoms with Crippen LogP contribution in [0.5, 0.6) is 0 Å². The summed E-state index contributed by atoms with van der Waals surface area (Å²) < 4.78 is 0. The van der Waals surface area contributed by atoms with Crippen LogP contribution in [0.3, 0.4) is 0 Å². The van der Waals surface area contributed by atoms with Gasteiger partial charge in [-0.3, -0.25) is 0 Å². The molecule has 0 heterocycles. The number of carbonyl (C=O) groups excluding carboxylic acids is 1. The number of carbonyl (C=O) groups is 1. The molecule has 0 radical (unpaired) electrons. The van der Waals surface area contributed by atoms with Gasteiger partial charge in [-0.25, -0.2) is 0 Å². The van der Waals surface area contributed by atoms with Crippen molar-refractivity contribution in [1.82, 2.24) is 0 Å². The molecule has 4 N–H and O–H groups in total. The number of aldehydes is 1. The molecular weight excluding hydrogens is 440 g/mol. The summed E-state index contributed by atoms with van der Waals surface area (Å²) in [6.07, 6.45) is 9.42. The van der Waals surface area contributed by atoms with Crippen molar-refractivity contribution in [3.8, 4) is 0 Å². The van der Waals surface area contributed by atoms with Crippen molar-refractivity contribution < 1.29 is 25.2 Å². The number of hydrogen-bond acceptors (Lipinski definition) is 5. The van der Waals surface area contributed by atoms with Gasteiger partial charge < -0.3 is 25.2 Å². The zero-order chi connectivity index (χ0) is 26.2. The maximum Gasteiger partial charge on any atom is 0.127 e. The fourth-order valence-electron chi connectivity index (χ4n) is 9.26. The summed E-state index contributed by atoms with van der Waals surface area (Å²) in [6.45, 7) is 14.2. The predicted octanol–water partition coefficient (Wildman–Crippen LogP) is 4.43. The smallest absolute Gasteiger partial charge is 0.127 e. The first-order chi connectivity index (χ1) is 16.1. The number of allylic oxidation sites excluding steroid dienone is 1. The Hall–Kier alpha value is -1.01. The topological polar surface area (TPSA) is 98.0 Å². The van der Waals surface area contributed by atoms with Crippen molar-refractivity contribution in [3.05, 3.63) is 23.8 Å². The molecule has 0 aromatic heterocycles. The molecular formula is C30H48O5. The van der Waals surface area contributed by atoms with Gasteiger partial charge in [0.2, 0.25) is 0 Å². The van der Waals surface area contributed by atoms with Gasteiger partial charge in [-0.2, -0.15) is 0 Å². The highest BCUT2D eigenvalue weighted by molar-refractivity contribution is 5.65. The molecule has 3 saturated carbocycles. The van der Waals surface area contributed by atoms with E-state index in [1.54, 1.807) is 13.8 Å². The first-order valence-electron chi connectivity index (χ1n) is 13.7. The van der Waals surface area contributed by atoms with Crippen LogP contribution in [0.4, 0.5) is 0 Å². The molecule has 0 saturated heterocycles. The minimum atomic E-state index is -0.848. The predicted molar refractivity (Wildman–Crippen MR) is 137 cm³/mol. The fraction of sp³-hybridized carbons (Fsp3) is 0.833. The summed E-state index contributed by atoms with van der Waals surface area (Å²) >= 11 is 0. The van der Waals surface area contributed by atoms with Gasteiger partial charge in [0.15, 0.2) is 0 Å². The lowest BCUT2D eigenvalue weighted by molar-refractivity contribution is -0.201. The van der Waals surface area contributed by atoms with Crippen LogP contribution in [0, 0.1) is 45.3 Å². The molecule has 0 aliphatic heterocycles. The van der Waals surface area contributed by atoms with Gasteiger partial charge in [0, 0.05) is 22.2 Å². The van der Waals surface area contributed by atoms with Gasteiger partial charge in [0.05, 0.1) is 23.9 Å². The molecule has 0 aromatic rings. The second-order valence-corrected chi connectivity index (χ2v) is 14.0. The van der Waals surface area contributed by atoms with E-state index in [4.69, 9.17) is 0 Å². The lowest BCUT2D eigenvalue weighted by atomic mass is 9.38. The molecule has 5 nitrogen and oxygen atoms in total. The molecule has 0 bridgehead atoms. The molecule has 0 spiro atoms. The molecule has 10 atom stereocenters. The van der Waals surface area contributed by atoms with Crippen LogP contribution in [-0.2, 0) is 4.79 Å². The third-order valence-electron chi connectivity index (χ3n) is 11.5. The zero-order valence-electron chi connectivity index (χ0n) is 22.8. The van der Waals surface area contributed by atoms with Crippen LogP contribution in [0.25, 0.3) is 0 Å². The molecule has 10 unspecified atom stereocenters. The van der Waals surface area contributed by atoms with Gasteiger partial charge in [-0.1, -0.05) is 58.4 Å². The number of rotatable bonds is 5. The highest BCUT2D eigenvalue weighted by atomic mass is 16.3. The summed E-state index contributed by atoms with van der Waals surface area (Å²) in [5.74, 6) is 0.187. The highest BCUT2D eigenvalue weighted by Gasteiger charge is 2.73. The zero-order valence-corrected chi connectivity index (χ0v) is 22.8. The normalized spacial score (nSPS) is 48.0. The summed E-state index contributed by atoms with van der Waals surface area (Å²) in [5, 5.41) is 44.2. The van der Waals surface area contributed by atoms with Crippen molar-refractivity contribution in [1.29, 1.82) is 0 Å². The highest BCUT2D eigenvalue weighted by Crippen LogP contribution is 2.74. The van der Waals surface area contributed by atoms with Crippen LogP contribution < -0.4 is 0 Å². The molecule has 35 heavy (non-hydrogen) atoms. The van der Waals surface area contributed by atoms with E-state index < -0.39 is 40.2 Å². The lowest BCUT2D eigenvalue weighted by Crippen LogP contribution is -2.66. The third-order valence-corrected chi connectivity index (χ3v) is 11.5. The van der Waals surface area contributed by atoms with E-state index in [2.05, 4.69) is 26.8 Å². The maximum absolute atomic E-state index is 13.1. The quantitative estimate of drug-likeness (QED) is 0.339. The van der Waals surface area contributed by atoms with E-state index >= 15 is 0 Å². The second-order valence-electron chi connectivity index (χ2n) is 14.0. The van der Waals surface area contributed by atoms with Gasteiger partial charge in [0.1, 0.15) is 6.29 Å². The Morgan fingerprint density at radius 2 is 1.74 bits per heavy atom. The minimum Gasteiger partial charge on any atom is -0.393 e. The molecule has 198 valence electrons. The molecule has 4 aliphatic carbocycles. The monoisotopic (exact) mass is 488 g/mol. The van der Waals surface area contributed by atoms with E-state index in [9.17, 15) is 25.2 Å². The van der Waals surface area contributed by atoms with Crippen molar-refractivity contribution in [2.45, 2.75) is 111 Å². The van der Waals surface area contributed by atoms with E-state index in [0.717, 1.165) is 31.1 Å². The Balaban J connectivity index is 1.75. The summed E-state index contributed by atoms with van der Waals surface area (Å²) in [6, 6.07) is 0. The lowest BCUT2D eigenvalue weighted by Gasteiger charge is -2.66. The summed E-state index contributed by atoms with van der Waals surface area (Å²) in [7, 11) is 0. The number of fused-ring (bicyclic) bond motifs is 5. The Bertz CT molecular complexity index is 899. The average molecular weight is 489 g/mol. The van der Waals surface area contributed by atoms with E-state index in [1.165, 1.54) is 0 Å². The second kappa shape index (κ2) is 8.51. The molecule has 5 heteroatoms.